The second kappa shape index (κ2) is 4.59. The van der Waals surface area contributed by atoms with Crippen LogP contribution in [-0.4, -0.2) is 23.1 Å². The summed E-state index contributed by atoms with van der Waals surface area (Å²) in [6.45, 7) is 8.94. The molecule has 0 N–H and O–H groups in total. The summed E-state index contributed by atoms with van der Waals surface area (Å²) in [5.41, 5.74) is -4.77. The molecule has 0 aromatic heterocycles. The highest BCUT2D eigenvalue weighted by Crippen LogP contribution is 2.73. The van der Waals surface area contributed by atoms with Gasteiger partial charge in [-0.3, -0.25) is 19.2 Å². The molecule has 0 heterocycles. The highest BCUT2D eigenvalue weighted by Gasteiger charge is 2.84. The van der Waals surface area contributed by atoms with Crippen LogP contribution in [0.3, 0.4) is 0 Å². The van der Waals surface area contributed by atoms with Crippen molar-refractivity contribution >= 4 is 23.1 Å². The molecule has 1 unspecified atom stereocenters. The molecule has 0 saturated heterocycles. The summed E-state index contributed by atoms with van der Waals surface area (Å²) in [7, 11) is 0. The molecule has 26 heavy (non-hydrogen) atoms. The fraction of sp³-hybridized carbons (Fsp3) is 0.545. The highest BCUT2D eigenvalue weighted by atomic mass is 16.2. The van der Waals surface area contributed by atoms with Gasteiger partial charge in [-0.05, 0) is 37.5 Å². The van der Waals surface area contributed by atoms with Gasteiger partial charge < -0.3 is 0 Å². The summed E-state index contributed by atoms with van der Waals surface area (Å²) < 4.78 is 0. The number of hydrogen-bond donors (Lipinski definition) is 0. The zero-order chi connectivity index (χ0) is 19.3. The van der Waals surface area contributed by atoms with Crippen LogP contribution in [0.4, 0.5) is 0 Å². The molecule has 4 bridgehead atoms. The third kappa shape index (κ3) is 1.43. The zero-order valence-corrected chi connectivity index (χ0v) is 15.9. The lowest BCUT2D eigenvalue weighted by molar-refractivity contribution is -0.208. The fourth-order valence-corrected chi connectivity index (χ4v) is 6.35. The Balaban J connectivity index is 2.07. The van der Waals surface area contributed by atoms with Gasteiger partial charge in [-0.2, -0.15) is 0 Å². The van der Waals surface area contributed by atoms with Gasteiger partial charge in [0.2, 0.25) is 0 Å². The van der Waals surface area contributed by atoms with Gasteiger partial charge in [-0.1, -0.05) is 51.1 Å². The second-order valence-electron chi connectivity index (χ2n) is 9.29. The molecule has 0 aliphatic heterocycles. The number of ketones is 4. The number of carbonyl (C=O) groups is 4. The number of benzene rings is 1. The van der Waals surface area contributed by atoms with Gasteiger partial charge in [0.05, 0.1) is 10.8 Å². The summed E-state index contributed by atoms with van der Waals surface area (Å²) in [6.07, 6.45) is 0.422. The SMILES string of the molecule is CC1[C@H]2C[C@@]3(C)C(=O)[C@]1(C)C(=O)[C@](C(=O)c1ccccc1)(C3=O)C2(C)C. The number of hydrogen-bond acceptors (Lipinski definition) is 4. The van der Waals surface area contributed by atoms with E-state index < -0.39 is 39.0 Å². The van der Waals surface area contributed by atoms with Crippen LogP contribution in [0.5, 0.6) is 0 Å². The van der Waals surface area contributed by atoms with Gasteiger partial charge in [0.15, 0.2) is 28.5 Å². The van der Waals surface area contributed by atoms with Crippen LogP contribution in [0.25, 0.3) is 0 Å². The maximum Gasteiger partial charge on any atom is 0.184 e. The standard InChI is InChI=1S/C22H24O4/c1-12-14-11-20(4)16(24)21(12,5)18(26)22(17(20)25,19(14,2)3)15(23)13-9-7-6-8-10-13/h6-10,12,14H,11H2,1-5H3/t12?,14-,20+,21-,22+/m1/s1. The zero-order valence-electron chi connectivity index (χ0n) is 15.9. The molecule has 4 fully saturated rings. The van der Waals surface area contributed by atoms with E-state index in [1.807, 2.05) is 20.8 Å². The van der Waals surface area contributed by atoms with Gasteiger partial charge in [0.1, 0.15) is 0 Å². The Hall–Kier alpha value is -2.10. The summed E-state index contributed by atoms with van der Waals surface area (Å²) in [5, 5.41) is 0. The maximum absolute atomic E-state index is 13.8. The van der Waals surface area contributed by atoms with Crippen LogP contribution in [0, 0.1) is 33.5 Å². The van der Waals surface area contributed by atoms with E-state index in [2.05, 4.69) is 0 Å². The lowest BCUT2D eigenvalue weighted by atomic mass is 9.28. The largest absolute Gasteiger partial charge is 0.297 e. The van der Waals surface area contributed by atoms with E-state index in [1.54, 1.807) is 44.2 Å². The van der Waals surface area contributed by atoms with Crippen molar-refractivity contribution in [1.29, 1.82) is 0 Å². The lowest BCUT2D eigenvalue weighted by Gasteiger charge is -2.69. The first kappa shape index (κ1) is 17.3. The molecule has 0 radical (unpaired) electrons. The minimum absolute atomic E-state index is 0.0433. The van der Waals surface area contributed by atoms with E-state index in [0.717, 1.165) is 0 Å². The van der Waals surface area contributed by atoms with Crippen molar-refractivity contribution < 1.29 is 19.2 Å². The fourth-order valence-electron chi connectivity index (χ4n) is 6.35. The molecule has 4 saturated carbocycles. The van der Waals surface area contributed by atoms with Gasteiger partial charge in [-0.25, -0.2) is 0 Å². The van der Waals surface area contributed by atoms with Gasteiger partial charge >= 0.3 is 0 Å². The second-order valence-corrected chi connectivity index (χ2v) is 9.29. The molecule has 136 valence electrons. The number of rotatable bonds is 2. The van der Waals surface area contributed by atoms with E-state index in [0.29, 0.717) is 12.0 Å². The van der Waals surface area contributed by atoms with Gasteiger partial charge in [0, 0.05) is 5.56 Å². The Morgan fingerprint density at radius 3 is 2.08 bits per heavy atom. The van der Waals surface area contributed by atoms with Crippen molar-refractivity contribution in [2.24, 2.45) is 33.5 Å². The van der Waals surface area contributed by atoms with Crippen LogP contribution in [0.15, 0.2) is 30.3 Å². The van der Waals surface area contributed by atoms with E-state index in [-0.39, 0.29) is 17.6 Å². The van der Waals surface area contributed by atoms with Crippen LogP contribution in [-0.2, 0) is 14.4 Å². The van der Waals surface area contributed by atoms with E-state index in [1.165, 1.54) is 0 Å². The predicted octanol–water partition coefficient (Wildman–Crippen LogP) is 3.29. The summed E-state index contributed by atoms with van der Waals surface area (Å²) in [5.74, 6) is -1.94. The Kier molecular flexibility index (Phi) is 3.06. The first-order chi connectivity index (χ1) is 12.0. The van der Waals surface area contributed by atoms with Gasteiger partial charge in [-0.15, -0.1) is 0 Å². The van der Waals surface area contributed by atoms with Crippen molar-refractivity contribution in [3.05, 3.63) is 35.9 Å². The quantitative estimate of drug-likeness (QED) is 0.605. The molecule has 0 amide bonds. The molecule has 4 nitrogen and oxygen atoms in total. The maximum atomic E-state index is 13.8. The predicted molar refractivity (Wildman–Crippen MR) is 95.5 cm³/mol. The molecule has 5 atom stereocenters. The monoisotopic (exact) mass is 352 g/mol. The molecular weight excluding hydrogens is 328 g/mol. The summed E-state index contributed by atoms with van der Waals surface area (Å²) in [4.78, 5) is 54.3. The highest BCUT2D eigenvalue weighted by molar-refractivity contribution is 6.42. The number of Topliss-reactive ketones (excluding diaryl/α,β-unsaturated/α-hetero) is 4. The lowest BCUT2D eigenvalue weighted by Crippen LogP contribution is -2.82. The molecule has 0 spiro atoms. The van der Waals surface area contributed by atoms with Crippen LogP contribution < -0.4 is 0 Å². The van der Waals surface area contributed by atoms with Crippen LogP contribution in [0.2, 0.25) is 0 Å². The Bertz CT molecular complexity index is 883. The molecule has 5 rings (SSSR count). The molecule has 1 aromatic rings. The van der Waals surface area contributed by atoms with Gasteiger partial charge in [0.25, 0.3) is 0 Å². The third-order valence-corrected chi connectivity index (χ3v) is 8.04. The Labute approximate surface area is 153 Å². The topological polar surface area (TPSA) is 68.3 Å². The van der Waals surface area contributed by atoms with E-state index in [9.17, 15) is 19.2 Å². The van der Waals surface area contributed by atoms with Crippen molar-refractivity contribution in [1.82, 2.24) is 0 Å². The molecule has 1 aromatic carbocycles. The first-order valence-electron chi connectivity index (χ1n) is 9.23. The number of carbonyl (C=O) groups excluding carboxylic acids is 4. The van der Waals surface area contributed by atoms with E-state index >= 15 is 0 Å². The Morgan fingerprint density at radius 1 is 0.923 bits per heavy atom. The average Bonchev–Trinajstić information content (AvgIpc) is 2.61. The van der Waals surface area contributed by atoms with E-state index in [4.69, 9.17) is 0 Å². The van der Waals surface area contributed by atoms with Crippen molar-refractivity contribution in [2.45, 2.75) is 41.0 Å². The van der Waals surface area contributed by atoms with Crippen LogP contribution in [0.1, 0.15) is 51.4 Å². The van der Waals surface area contributed by atoms with Crippen LogP contribution >= 0.6 is 0 Å². The van der Waals surface area contributed by atoms with Crippen molar-refractivity contribution in [3.63, 3.8) is 0 Å². The summed E-state index contributed by atoms with van der Waals surface area (Å²) in [6, 6.07) is 8.54. The normalized spacial score (nSPS) is 43.0. The minimum atomic E-state index is -1.78. The molecule has 4 aliphatic carbocycles. The molecule has 4 heteroatoms. The average molecular weight is 352 g/mol. The molecular formula is C22H24O4. The summed E-state index contributed by atoms with van der Waals surface area (Å²) >= 11 is 0. The third-order valence-electron chi connectivity index (χ3n) is 8.04. The van der Waals surface area contributed by atoms with Crippen molar-refractivity contribution in [3.8, 4) is 0 Å². The van der Waals surface area contributed by atoms with Crippen molar-refractivity contribution in [2.75, 3.05) is 0 Å². The molecule has 4 aliphatic rings. The first-order valence-corrected chi connectivity index (χ1v) is 9.23. The minimum Gasteiger partial charge on any atom is -0.297 e. The smallest absolute Gasteiger partial charge is 0.184 e. The Morgan fingerprint density at radius 2 is 1.50 bits per heavy atom.